The van der Waals surface area contributed by atoms with Gasteiger partial charge in [-0.15, -0.1) is 0 Å². The third-order valence-corrected chi connectivity index (χ3v) is 4.63. The van der Waals surface area contributed by atoms with E-state index in [2.05, 4.69) is 0 Å². The van der Waals surface area contributed by atoms with Crippen molar-refractivity contribution in [3.8, 4) is 0 Å². The molecule has 0 aliphatic carbocycles. The molecule has 5 heteroatoms. The van der Waals surface area contributed by atoms with Gasteiger partial charge in [0.2, 0.25) is 0 Å². The van der Waals surface area contributed by atoms with Crippen LogP contribution in [0.4, 0.5) is 0 Å². The molecule has 0 bridgehead atoms. The number of benzene rings is 2. The minimum absolute atomic E-state index is 0. The van der Waals surface area contributed by atoms with Crippen molar-refractivity contribution in [1.29, 1.82) is 0 Å². The van der Waals surface area contributed by atoms with Gasteiger partial charge in [-0.25, -0.2) is 0 Å². The molecule has 2 rings (SSSR count). The van der Waals surface area contributed by atoms with E-state index in [1.54, 1.807) is 24.3 Å². The summed E-state index contributed by atoms with van der Waals surface area (Å²) in [7, 11) is -3.46. The Kier molecular flexibility index (Phi) is 8.16. The standard InChI is InChI=1S/C12H12O2Si.2Na.2H/c13-15(14,11-7-3-1-4-8-11)12-9-5-2-6-10-12;;;;/h1-10,13-14H;;;;. The molecular weight excluding hydrogens is 250 g/mol. The van der Waals surface area contributed by atoms with E-state index in [4.69, 9.17) is 0 Å². The second kappa shape index (κ2) is 7.89. The summed E-state index contributed by atoms with van der Waals surface area (Å²) in [6.45, 7) is 0. The van der Waals surface area contributed by atoms with Gasteiger partial charge >= 0.3 is 67.7 Å². The predicted octanol–water partition coefficient (Wildman–Crippen LogP) is -1.07. The SMILES string of the molecule is O[Si](O)(c1ccccc1)c1ccccc1.[NaH].[NaH]. The molecule has 0 spiro atoms. The topological polar surface area (TPSA) is 40.5 Å². The van der Waals surface area contributed by atoms with E-state index in [9.17, 15) is 9.59 Å². The normalized spacial score (nSPS) is 10.0. The first-order valence-corrected chi connectivity index (χ1v) is 6.66. The Balaban J connectivity index is 0.00000128. The molecule has 0 saturated heterocycles. The van der Waals surface area contributed by atoms with E-state index >= 15 is 0 Å². The molecule has 0 radical (unpaired) electrons. The Hall–Kier alpha value is 0.577. The van der Waals surface area contributed by atoms with E-state index < -0.39 is 8.56 Å². The zero-order valence-electron chi connectivity index (χ0n) is 8.17. The van der Waals surface area contributed by atoms with Crippen LogP contribution in [-0.2, 0) is 0 Å². The Labute approximate surface area is 147 Å². The Morgan fingerprint density at radius 1 is 0.588 bits per heavy atom. The van der Waals surface area contributed by atoms with Crippen molar-refractivity contribution >= 4 is 78.0 Å². The molecule has 0 heterocycles. The maximum absolute atomic E-state index is 10.2. The van der Waals surface area contributed by atoms with Gasteiger partial charge in [0.1, 0.15) is 0 Å². The molecule has 0 amide bonds. The first-order chi connectivity index (χ1) is 7.21. The molecule has 0 fully saturated rings. The van der Waals surface area contributed by atoms with Crippen molar-refractivity contribution in [2.24, 2.45) is 0 Å². The van der Waals surface area contributed by atoms with Crippen LogP contribution < -0.4 is 10.4 Å². The molecule has 0 atom stereocenters. The zero-order valence-corrected chi connectivity index (χ0v) is 9.17. The van der Waals surface area contributed by atoms with Crippen molar-refractivity contribution in [1.82, 2.24) is 0 Å². The van der Waals surface area contributed by atoms with Gasteiger partial charge in [-0.3, -0.25) is 0 Å². The Bertz CT molecular complexity index is 393. The summed E-state index contributed by atoms with van der Waals surface area (Å²) in [5.41, 5.74) is 0. The van der Waals surface area contributed by atoms with Gasteiger partial charge in [-0.2, -0.15) is 0 Å². The third-order valence-electron chi connectivity index (χ3n) is 2.35. The fourth-order valence-corrected chi connectivity index (χ4v) is 3.16. The van der Waals surface area contributed by atoms with Crippen LogP contribution in [-0.4, -0.2) is 77.3 Å². The van der Waals surface area contributed by atoms with Gasteiger partial charge in [-0.1, -0.05) is 60.7 Å². The first kappa shape index (κ1) is 17.6. The third kappa shape index (κ3) is 4.31. The van der Waals surface area contributed by atoms with Gasteiger partial charge in [0.05, 0.1) is 0 Å². The summed E-state index contributed by atoms with van der Waals surface area (Å²) in [5, 5.41) is 1.22. The van der Waals surface area contributed by atoms with E-state index in [1.807, 2.05) is 36.4 Å². The van der Waals surface area contributed by atoms with Crippen LogP contribution >= 0.6 is 0 Å². The maximum atomic E-state index is 10.2. The minimum atomic E-state index is -3.46. The average molecular weight is 264 g/mol. The molecule has 0 saturated carbocycles. The summed E-state index contributed by atoms with van der Waals surface area (Å²) in [6.07, 6.45) is 0. The van der Waals surface area contributed by atoms with Crippen molar-refractivity contribution in [2.75, 3.05) is 0 Å². The van der Waals surface area contributed by atoms with E-state index in [0.29, 0.717) is 10.4 Å². The molecule has 80 valence electrons. The second-order valence-electron chi connectivity index (χ2n) is 3.40. The number of rotatable bonds is 2. The van der Waals surface area contributed by atoms with Gasteiger partial charge in [0.25, 0.3) is 0 Å². The van der Waals surface area contributed by atoms with Crippen molar-refractivity contribution in [3.63, 3.8) is 0 Å². The van der Waals surface area contributed by atoms with Crippen LogP contribution in [0.3, 0.4) is 0 Å². The molecule has 17 heavy (non-hydrogen) atoms. The van der Waals surface area contributed by atoms with Crippen LogP contribution in [0.2, 0.25) is 0 Å². The Morgan fingerprint density at radius 3 is 1.18 bits per heavy atom. The molecule has 0 aliphatic rings. The number of hydrogen-bond acceptors (Lipinski definition) is 2. The van der Waals surface area contributed by atoms with Crippen molar-refractivity contribution in [2.45, 2.75) is 0 Å². The average Bonchev–Trinajstić information content (AvgIpc) is 2.31. The summed E-state index contributed by atoms with van der Waals surface area (Å²) >= 11 is 0. The van der Waals surface area contributed by atoms with Crippen molar-refractivity contribution < 1.29 is 9.59 Å². The van der Waals surface area contributed by atoms with Crippen LogP contribution in [0.5, 0.6) is 0 Å². The monoisotopic (exact) mass is 264 g/mol. The summed E-state index contributed by atoms with van der Waals surface area (Å²) in [6, 6.07) is 18.0. The molecule has 2 nitrogen and oxygen atoms in total. The van der Waals surface area contributed by atoms with Gasteiger partial charge in [0.15, 0.2) is 0 Å². The van der Waals surface area contributed by atoms with E-state index in [1.165, 1.54) is 0 Å². The van der Waals surface area contributed by atoms with Crippen molar-refractivity contribution in [3.05, 3.63) is 60.7 Å². The molecule has 0 aromatic heterocycles. The molecule has 2 aromatic carbocycles. The predicted molar refractivity (Wildman–Crippen MR) is 76.6 cm³/mol. The molecule has 2 N–H and O–H groups in total. The fraction of sp³-hybridized carbons (Fsp3) is 0. The van der Waals surface area contributed by atoms with Gasteiger partial charge < -0.3 is 9.59 Å². The van der Waals surface area contributed by atoms with Gasteiger partial charge in [-0.05, 0) is 10.4 Å². The quantitative estimate of drug-likeness (QED) is 0.678. The van der Waals surface area contributed by atoms with Crippen LogP contribution in [0.1, 0.15) is 0 Å². The summed E-state index contributed by atoms with van der Waals surface area (Å²) in [4.78, 5) is 20.3. The first-order valence-electron chi connectivity index (χ1n) is 4.77. The van der Waals surface area contributed by atoms with Gasteiger partial charge in [0, 0.05) is 0 Å². The fourth-order valence-electron chi connectivity index (χ4n) is 1.51. The van der Waals surface area contributed by atoms with Crippen LogP contribution in [0.15, 0.2) is 60.7 Å². The molecular formula is C12H14Na2O2Si. The molecule has 2 aromatic rings. The summed E-state index contributed by atoms with van der Waals surface area (Å²) < 4.78 is 0. The van der Waals surface area contributed by atoms with Crippen LogP contribution in [0, 0.1) is 0 Å². The number of hydrogen-bond donors (Lipinski definition) is 2. The summed E-state index contributed by atoms with van der Waals surface area (Å²) in [5.74, 6) is 0. The zero-order chi connectivity index (χ0) is 10.7. The van der Waals surface area contributed by atoms with E-state index in [-0.39, 0.29) is 59.1 Å². The van der Waals surface area contributed by atoms with Crippen LogP contribution in [0.25, 0.3) is 0 Å². The Morgan fingerprint density at radius 2 is 0.882 bits per heavy atom. The molecule has 0 aliphatic heterocycles. The van der Waals surface area contributed by atoms with E-state index in [0.717, 1.165) is 0 Å². The molecule has 0 unspecified atom stereocenters. The second-order valence-corrected chi connectivity index (χ2v) is 5.90.